The van der Waals surface area contributed by atoms with E-state index in [2.05, 4.69) is 77.9 Å². The number of rotatable bonds is 4. The minimum Gasteiger partial charge on any atom is -0.322 e. The van der Waals surface area contributed by atoms with E-state index in [9.17, 15) is 0 Å². The predicted octanol–water partition coefficient (Wildman–Crippen LogP) is 3.71. The van der Waals surface area contributed by atoms with E-state index >= 15 is 0 Å². The Labute approximate surface area is 119 Å². The first-order chi connectivity index (χ1) is 8.63. The van der Waals surface area contributed by atoms with Crippen LogP contribution in [0.2, 0.25) is 0 Å². The van der Waals surface area contributed by atoms with Gasteiger partial charge in [-0.3, -0.25) is 0 Å². The molecule has 0 amide bonds. The minimum absolute atomic E-state index is 0.0107. The van der Waals surface area contributed by atoms with Crippen LogP contribution in [0.5, 0.6) is 0 Å². The highest BCUT2D eigenvalue weighted by Gasteiger charge is 2.33. The molecule has 1 aromatic carbocycles. The average Bonchev–Trinajstić information content (AvgIpc) is 2.35. The van der Waals surface area contributed by atoms with Crippen molar-refractivity contribution >= 4 is 0 Å². The lowest BCUT2D eigenvalue weighted by Crippen LogP contribution is -2.49. The van der Waals surface area contributed by atoms with E-state index in [1.54, 1.807) is 0 Å². The summed E-state index contributed by atoms with van der Waals surface area (Å²) in [5, 5.41) is 0. The van der Waals surface area contributed by atoms with Crippen molar-refractivity contribution in [2.75, 3.05) is 14.1 Å². The number of nitrogens with two attached hydrogens (primary N) is 1. The van der Waals surface area contributed by atoms with E-state index in [4.69, 9.17) is 5.73 Å². The Morgan fingerprint density at radius 3 is 1.84 bits per heavy atom. The summed E-state index contributed by atoms with van der Waals surface area (Å²) >= 11 is 0. The summed E-state index contributed by atoms with van der Waals surface area (Å²) < 4.78 is 0. The second-order valence-electron chi connectivity index (χ2n) is 6.95. The molecule has 2 heteroatoms. The van der Waals surface area contributed by atoms with Gasteiger partial charge in [-0.05, 0) is 44.0 Å². The van der Waals surface area contributed by atoms with Crippen LogP contribution in [-0.2, 0) is 5.41 Å². The summed E-state index contributed by atoms with van der Waals surface area (Å²) in [6.45, 7) is 11.1. The highest BCUT2D eigenvalue weighted by atomic mass is 15.2. The molecule has 0 fully saturated rings. The largest absolute Gasteiger partial charge is 0.322 e. The zero-order valence-corrected chi connectivity index (χ0v) is 13.6. The zero-order valence-electron chi connectivity index (χ0n) is 13.6. The highest BCUT2D eigenvalue weighted by Crippen LogP contribution is 2.32. The van der Waals surface area contributed by atoms with Crippen LogP contribution in [-0.4, -0.2) is 24.5 Å². The molecule has 0 saturated carbocycles. The lowest BCUT2D eigenvalue weighted by Gasteiger charge is -2.41. The van der Waals surface area contributed by atoms with Gasteiger partial charge in [0.2, 0.25) is 0 Å². The van der Waals surface area contributed by atoms with Gasteiger partial charge in [0.1, 0.15) is 0 Å². The molecule has 1 aromatic rings. The fraction of sp³-hybridized carbons (Fsp3) is 0.647. The van der Waals surface area contributed by atoms with Crippen LogP contribution in [0.1, 0.15) is 58.2 Å². The first kappa shape index (κ1) is 16.2. The van der Waals surface area contributed by atoms with Crippen LogP contribution < -0.4 is 5.73 Å². The molecular formula is C17H30N2. The minimum atomic E-state index is -0.0107. The molecule has 0 aromatic heterocycles. The van der Waals surface area contributed by atoms with Gasteiger partial charge in [0.15, 0.2) is 0 Å². The Kier molecular flexibility index (Phi) is 4.81. The molecule has 0 aliphatic rings. The quantitative estimate of drug-likeness (QED) is 0.896. The van der Waals surface area contributed by atoms with E-state index in [0.29, 0.717) is 0 Å². The second-order valence-corrected chi connectivity index (χ2v) is 6.95. The van der Waals surface area contributed by atoms with Gasteiger partial charge in [-0.15, -0.1) is 0 Å². The summed E-state index contributed by atoms with van der Waals surface area (Å²) in [5.74, 6) is 0. The lowest BCUT2D eigenvalue weighted by molar-refractivity contribution is 0.132. The third kappa shape index (κ3) is 3.37. The summed E-state index contributed by atoms with van der Waals surface area (Å²) in [5.41, 5.74) is 9.25. The Morgan fingerprint density at radius 1 is 1.05 bits per heavy atom. The Bertz CT molecular complexity index is 400. The predicted molar refractivity (Wildman–Crippen MR) is 84.5 cm³/mol. The molecule has 1 rings (SSSR count). The summed E-state index contributed by atoms with van der Waals surface area (Å²) in [4.78, 5) is 2.23. The van der Waals surface area contributed by atoms with Crippen LogP contribution in [0.4, 0.5) is 0 Å². The smallest absolute Gasteiger partial charge is 0.0479 e. The monoisotopic (exact) mass is 262 g/mol. The van der Waals surface area contributed by atoms with Crippen molar-refractivity contribution in [3.8, 4) is 0 Å². The average molecular weight is 262 g/mol. The number of nitrogens with zero attached hydrogens (tertiary/aromatic N) is 1. The Hall–Kier alpha value is -0.860. The molecule has 2 nitrogen and oxygen atoms in total. The fourth-order valence-corrected chi connectivity index (χ4v) is 2.36. The first-order valence-corrected chi connectivity index (χ1v) is 7.16. The van der Waals surface area contributed by atoms with Crippen molar-refractivity contribution in [1.82, 2.24) is 4.90 Å². The SMILES string of the molecule is CCC(C)(C(N)c1ccc(C(C)(C)C)cc1)N(C)C. The molecular weight excluding hydrogens is 232 g/mol. The molecule has 2 atom stereocenters. The first-order valence-electron chi connectivity index (χ1n) is 7.16. The van der Waals surface area contributed by atoms with Gasteiger partial charge < -0.3 is 10.6 Å². The van der Waals surface area contributed by atoms with Crippen molar-refractivity contribution in [3.63, 3.8) is 0 Å². The van der Waals surface area contributed by atoms with E-state index in [1.807, 2.05) is 0 Å². The summed E-state index contributed by atoms with van der Waals surface area (Å²) in [6.07, 6.45) is 1.03. The molecule has 0 saturated heterocycles. The van der Waals surface area contributed by atoms with E-state index in [-0.39, 0.29) is 17.0 Å². The van der Waals surface area contributed by atoms with E-state index in [0.717, 1.165) is 6.42 Å². The lowest BCUT2D eigenvalue weighted by atomic mass is 9.82. The number of hydrogen-bond acceptors (Lipinski definition) is 2. The van der Waals surface area contributed by atoms with Crippen molar-refractivity contribution in [3.05, 3.63) is 35.4 Å². The molecule has 0 aliphatic heterocycles. The highest BCUT2D eigenvalue weighted by molar-refractivity contribution is 5.30. The van der Waals surface area contributed by atoms with Gasteiger partial charge in [0.25, 0.3) is 0 Å². The maximum Gasteiger partial charge on any atom is 0.0479 e. The second kappa shape index (κ2) is 5.64. The van der Waals surface area contributed by atoms with E-state index < -0.39 is 0 Å². The Balaban J connectivity index is 3.04. The van der Waals surface area contributed by atoms with Gasteiger partial charge in [-0.1, -0.05) is 52.0 Å². The number of likely N-dealkylation sites (N-methyl/N-ethyl adjacent to an activating group) is 1. The number of hydrogen-bond donors (Lipinski definition) is 1. The van der Waals surface area contributed by atoms with E-state index in [1.165, 1.54) is 11.1 Å². The van der Waals surface area contributed by atoms with Gasteiger partial charge >= 0.3 is 0 Å². The van der Waals surface area contributed by atoms with Crippen molar-refractivity contribution in [2.45, 2.75) is 58.0 Å². The molecule has 2 unspecified atom stereocenters. The van der Waals surface area contributed by atoms with Crippen LogP contribution in [0.25, 0.3) is 0 Å². The maximum atomic E-state index is 6.50. The van der Waals surface area contributed by atoms with Crippen LogP contribution in [0.3, 0.4) is 0 Å². The third-order valence-electron chi connectivity index (χ3n) is 4.54. The Morgan fingerprint density at radius 2 is 1.53 bits per heavy atom. The molecule has 0 spiro atoms. The van der Waals surface area contributed by atoms with Crippen molar-refractivity contribution in [2.24, 2.45) is 5.73 Å². The van der Waals surface area contributed by atoms with Crippen molar-refractivity contribution < 1.29 is 0 Å². The summed E-state index contributed by atoms with van der Waals surface area (Å²) in [6, 6.07) is 8.81. The molecule has 0 radical (unpaired) electrons. The number of benzene rings is 1. The third-order valence-corrected chi connectivity index (χ3v) is 4.54. The van der Waals surface area contributed by atoms with Crippen LogP contribution >= 0.6 is 0 Å². The standard InChI is InChI=1S/C17H30N2/c1-8-17(5,19(6)7)15(18)13-9-11-14(12-10-13)16(2,3)4/h9-12,15H,8,18H2,1-7H3. The topological polar surface area (TPSA) is 29.3 Å². The van der Waals surface area contributed by atoms with Crippen LogP contribution in [0, 0.1) is 0 Å². The fourth-order valence-electron chi connectivity index (χ4n) is 2.36. The molecule has 0 bridgehead atoms. The van der Waals surface area contributed by atoms with Gasteiger partial charge in [0, 0.05) is 11.6 Å². The maximum absolute atomic E-state index is 6.50. The molecule has 19 heavy (non-hydrogen) atoms. The zero-order chi connectivity index (χ0) is 14.8. The van der Waals surface area contributed by atoms with Gasteiger partial charge in [0.05, 0.1) is 0 Å². The van der Waals surface area contributed by atoms with Gasteiger partial charge in [-0.2, -0.15) is 0 Å². The molecule has 108 valence electrons. The molecule has 2 N–H and O–H groups in total. The normalized spacial score (nSPS) is 17.3. The van der Waals surface area contributed by atoms with Crippen LogP contribution in [0.15, 0.2) is 24.3 Å². The van der Waals surface area contributed by atoms with Gasteiger partial charge in [-0.25, -0.2) is 0 Å². The van der Waals surface area contributed by atoms with Crippen molar-refractivity contribution in [1.29, 1.82) is 0 Å². The summed E-state index contributed by atoms with van der Waals surface area (Å²) in [7, 11) is 4.21. The molecule has 0 aliphatic carbocycles. The molecule has 0 heterocycles.